The summed E-state index contributed by atoms with van der Waals surface area (Å²) < 4.78 is 54.0. The van der Waals surface area contributed by atoms with Crippen LogP contribution in [0.1, 0.15) is 50.6 Å². The molecule has 0 unspecified atom stereocenters. The molecule has 2 radical (unpaired) electrons. The maximum Gasteiger partial charge on any atom is 0.260 e. The van der Waals surface area contributed by atoms with Gasteiger partial charge in [0.2, 0.25) is 21.8 Å². The molecule has 1 saturated heterocycles. The Bertz CT molecular complexity index is 1220. The van der Waals surface area contributed by atoms with E-state index in [-0.39, 0.29) is 23.0 Å². The first kappa shape index (κ1) is 24.0. The van der Waals surface area contributed by atoms with Gasteiger partial charge in [-0.1, -0.05) is 0 Å². The Morgan fingerprint density at radius 3 is 2.52 bits per heavy atom. The molecule has 4 rings (SSSR count). The molecule has 0 bridgehead atoms. The monoisotopic (exact) mass is 481 g/mol. The number of rotatable bonds is 5. The maximum absolute atomic E-state index is 14.0. The van der Waals surface area contributed by atoms with Crippen molar-refractivity contribution in [2.45, 2.75) is 62.5 Å². The van der Waals surface area contributed by atoms with E-state index in [1.165, 1.54) is 16.8 Å². The van der Waals surface area contributed by atoms with Crippen LogP contribution in [0.2, 0.25) is 0 Å². The van der Waals surface area contributed by atoms with E-state index < -0.39 is 38.6 Å². The molecule has 178 valence electrons. The van der Waals surface area contributed by atoms with Gasteiger partial charge >= 0.3 is 0 Å². The van der Waals surface area contributed by atoms with Gasteiger partial charge in [-0.25, -0.2) is 26.5 Å². The van der Waals surface area contributed by atoms with Crippen molar-refractivity contribution in [2.24, 2.45) is 0 Å². The standard InChI is InChI=1S/C20H26BF2N5O4S/c1-19(30)7-3-4-15(19)28-16-12(10-14(17(28)29)20(21,22)23)11-24-18(26-16)25-13-5-8-27(9-6-13)33(2,31)32/h10-11,13,15,30H,3-9H2,1-2H3,(H,24,25,26)/t15-,19-/m0/s1. The molecule has 3 heterocycles. The highest BCUT2D eigenvalue weighted by molar-refractivity contribution is 7.88. The van der Waals surface area contributed by atoms with Crippen molar-refractivity contribution in [2.75, 3.05) is 24.7 Å². The number of alkyl halides is 2. The highest BCUT2D eigenvalue weighted by atomic mass is 32.2. The van der Waals surface area contributed by atoms with E-state index in [2.05, 4.69) is 15.3 Å². The average Bonchev–Trinajstić information content (AvgIpc) is 3.05. The van der Waals surface area contributed by atoms with Crippen molar-refractivity contribution < 1.29 is 22.3 Å². The summed E-state index contributed by atoms with van der Waals surface area (Å²) in [6, 6.07) is 0.157. The van der Waals surface area contributed by atoms with Crippen LogP contribution >= 0.6 is 0 Å². The number of hydrogen-bond donors (Lipinski definition) is 2. The third-order valence-electron chi connectivity index (χ3n) is 6.58. The van der Waals surface area contributed by atoms with Gasteiger partial charge in [0.15, 0.2) is 7.85 Å². The summed E-state index contributed by atoms with van der Waals surface area (Å²) in [4.78, 5) is 21.7. The molecule has 2 aromatic heterocycles. The number of hydrogen-bond acceptors (Lipinski definition) is 7. The molecule has 13 heteroatoms. The smallest absolute Gasteiger partial charge is 0.260 e. The van der Waals surface area contributed by atoms with Crippen LogP contribution in [0.5, 0.6) is 0 Å². The summed E-state index contributed by atoms with van der Waals surface area (Å²) in [5.41, 5.74) is -3.01. The summed E-state index contributed by atoms with van der Waals surface area (Å²) in [5, 5.41) is 14.2. The van der Waals surface area contributed by atoms with Crippen molar-refractivity contribution in [3.05, 3.63) is 28.2 Å². The molecule has 1 aliphatic carbocycles. The highest BCUT2D eigenvalue weighted by Gasteiger charge is 2.41. The summed E-state index contributed by atoms with van der Waals surface area (Å²) >= 11 is 0. The zero-order valence-electron chi connectivity index (χ0n) is 18.5. The lowest BCUT2D eigenvalue weighted by molar-refractivity contribution is 0.0256. The lowest BCUT2D eigenvalue weighted by Crippen LogP contribution is -2.42. The Morgan fingerprint density at radius 1 is 1.30 bits per heavy atom. The second-order valence-electron chi connectivity index (χ2n) is 9.17. The zero-order chi connectivity index (χ0) is 24.2. The van der Waals surface area contributed by atoms with Crippen LogP contribution in [0.15, 0.2) is 17.1 Å². The topological polar surface area (TPSA) is 117 Å². The molecule has 0 amide bonds. The Hall–Kier alpha value is -2.12. The van der Waals surface area contributed by atoms with Crippen molar-refractivity contribution in [1.82, 2.24) is 18.8 Å². The predicted molar refractivity (Wildman–Crippen MR) is 120 cm³/mol. The average molecular weight is 481 g/mol. The second-order valence-corrected chi connectivity index (χ2v) is 11.2. The first-order chi connectivity index (χ1) is 15.3. The van der Waals surface area contributed by atoms with Crippen LogP contribution in [0.4, 0.5) is 14.7 Å². The van der Waals surface area contributed by atoms with Gasteiger partial charge in [-0.2, -0.15) is 4.98 Å². The SMILES string of the molecule is [B]C(F)(F)c1cc2cnc(NC3CCN(S(C)(=O)=O)CC3)nc2n([C@H]2CCC[C@]2(C)O)c1=O. The number of nitrogens with one attached hydrogen (secondary N) is 1. The highest BCUT2D eigenvalue weighted by Crippen LogP contribution is 2.40. The van der Waals surface area contributed by atoms with E-state index in [1.807, 2.05) is 0 Å². The molecule has 0 aromatic carbocycles. The lowest BCUT2D eigenvalue weighted by Gasteiger charge is -2.31. The van der Waals surface area contributed by atoms with Gasteiger partial charge in [-0.3, -0.25) is 9.36 Å². The van der Waals surface area contributed by atoms with Crippen LogP contribution in [0, 0.1) is 0 Å². The molecular formula is C20H26BF2N5O4S. The number of anilines is 1. The van der Waals surface area contributed by atoms with Crippen LogP contribution < -0.4 is 10.9 Å². The van der Waals surface area contributed by atoms with E-state index >= 15 is 0 Å². The van der Waals surface area contributed by atoms with Crippen LogP contribution in [0.3, 0.4) is 0 Å². The first-order valence-corrected chi connectivity index (χ1v) is 12.7. The number of aromatic nitrogens is 3. The third-order valence-corrected chi connectivity index (χ3v) is 7.88. The molecule has 1 saturated carbocycles. The van der Waals surface area contributed by atoms with Crippen LogP contribution in [0.25, 0.3) is 11.0 Å². The minimum Gasteiger partial charge on any atom is -0.388 e. The molecule has 9 nitrogen and oxygen atoms in total. The fraction of sp³-hybridized carbons (Fsp3) is 0.650. The maximum atomic E-state index is 14.0. The number of halogens is 2. The summed E-state index contributed by atoms with van der Waals surface area (Å²) in [7, 11) is 1.71. The van der Waals surface area contributed by atoms with Gasteiger partial charge in [-0.05, 0) is 45.1 Å². The van der Waals surface area contributed by atoms with E-state index in [0.717, 1.165) is 10.6 Å². The summed E-state index contributed by atoms with van der Waals surface area (Å²) in [6.07, 6.45) is 5.06. The number of pyridine rings is 1. The number of fused-ring (bicyclic) bond motifs is 1. The van der Waals surface area contributed by atoms with Gasteiger partial charge in [-0.15, -0.1) is 0 Å². The van der Waals surface area contributed by atoms with E-state index in [4.69, 9.17) is 7.85 Å². The quantitative estimate of drug-likeness (QED) is 0.619. The zero-order valence-corrected chi connectivity index (χ0v) is 19.3. The largest absolute Gasteiger partial charge is 0.388 e. The van der Waals surface area contributed by atoms with Gasteiger partial charge < -0.3 is 10.4 Å². The molecule has 2 atom stereocenters. The normalized spacial score (nSPS) is 25.5. The minimum atomic E-state index is -3.86. The molecule has 2 aliphatic rings. The Kier molecular flexibility index (Phi) is 6.03. The van der Waals surface area contributed by atoms with E-state index in [1.54, 1.807) is 6.92 Å². The number of sulfonamides is 1. The van der Waals surface area contributed by atoms with Gasteiger partial charge in [0, 0.05) is 30.7 Å². The van der Waals surface area contributed by atoms with Gasteiger partial charge in [0.1, 0.15) is 5.65 Å². The van der Waals surface area contributed by atoms with Crippen LogP contribution in [-0.4, -0.2) is 71.2 Å². The fourth-order valence-corrected chi connectivity index (χ4v) is 5.64. The Labute approximate surface area is 191 Å². The molecule has 2 N–H and O–H groups in total. The summed E-state index contributed by atoms with van der Waals surface area (Å²) in [5.74, 6) is -3.67. The first-order valence-electron chi connectivity index (χ1n) is 10.8. The Balaban J connectivity index is 1.73. The molecule has 2 fully saturated rings. The lowest BCUT2D eigenvalue weighted by atomic mass is 9.90. The predicted octanol–water partition coefficient (Wildman–Crippen LogP) is 1.32. The minimum absolute atomic E-state index is 0.0946. The van der Waals surface area contributed by atoms with Crippen molar-refractivity contribution in [3.8, 4) is 0 Å². The number of nitrogens with zero attached hydrogens (tertiary/aromatic N) is 4. The Morgan fingerprint density at radius 2 is 1.97 bits per heavy atom. The molecular weight excluding hydrogens is 455 g/mol. The second kappa shape index (κ2) is 8.28. The number of aliphatic hydroxyl groups is 1. The van der Waals surface area contributed by atoms with Crippen LogP contribution in [-0.2, 0) is 15.8 Å². The molecule has 0 spiro atoms. The van der Waals surface area contributed by atoms with Crippen molar-refractivity contribution in [3.63, 3.8) is 0 Å². The van der Waals surface area contributed by atoms with Gasteiger partial charge in [0.25, 0.3) is 5.56 Å². The third kappa shape index (κ3) is 4.76. The van der Waals surface area contributed by atoms with E-state index in [0.29, 0.717) is 45.2 Å². The number of piperidine rings is 1. The van der Waals surface area contributed by atoms with E-state index in [9.17, 15) is 27.1 Å². The molecule has 1 aliphatic heterocycles. The van der Waals surface area contributed by atoms with Crippen molar-refractivity contribution in [1.29, 1.82) is 0 Å². The van der Waals surface area contributed by atoms with Crippen molar-refractivity contribution >= 4 is 34.9 Å². The van der Waals surface area contributed by atoms with Gasteiger partial charge in [0.05, 0.1) is 23.5 Å². The fourth-order valence-electron chi connectivity index (χ4n) is 4.77. The summed E-state index contributed by atoms with van der Waals surface area (Å²) in [6.45, 7) is 2.29. The molecule has 2 aromatic rings. The molecule has 33 heavy (non-hydrogen) atoms.